The van der Waals surface area contributed by atoms with Gasteiger partial charge in [-0.25, -0.2) is 0 Å². The second kappa shape index (κ2) is 36.3. The van der Waals surface area contributed by atoms with Gasteiger partial charge >= 0.3 is 0 Å². The molecule has 0 bridgehead atoms. The van der Waals surface area contributed by atoms with Crippen LogP contribution >= 0.6 is 0 Å². The van der Waals surface area contributed by atoms with Crippen LogP contribution in [0.2, 0.25) is 0 Å². The van der Waals surface area contributed by atoms with Gasteiger partial charge in [0.05, 0.1) is 39.3 Å². The molecule has 0 aromatic rings. The number of hydrogen-bond donors (Lipinski definition) is 6. The molecule has 0 amide bonds. The molecule has 0 saturated carbocycles. The van der Waals surface area contributed by atoms with E-state index in [-0.39, 0.29) is 53.6 Å². The third-order valence-electron chi connectivity index (χ3n) is 13.1. The Balaban J connectivity index is 0.000000398. The van der Waals surface area contributed by atoms with Crippen molar-refractivity contribution in [2.45, 2.75) is 194 Å². The van der Waals surface area contributed by atoms with Crippen LogP contribution in [0, 0.1) is 0 Å². The highest BCUT2D eigenvalue weighted by Gasteiger charge is 2.30. The van der Waals surface area contributed by atoms with E-state index in [0.717, 1.165) is 120 Å². The molecule has 12 heteroatoms. The van der Waals surface area contributed by atoms with Crippen molar-refractivity contribution >= 4 is 34.7 Å². The van der Waals surface area contributed by atoms with Gasteiger partial charge in [0, 0.05) is 77.0 Å². The maximum atomic E-state index is 12.0. The first kappa shape index (κ1) is 60.2. The number of carbonyl (C=O) groups is 6. The maximum Gasteiger partial charge on any atom is 0.215 e. The third-order valence-corrected chi connectivity index (χ3v) is 13.1. The molecule has 0 aliphatic carbocycles. The number of carbonyl (C=O) groups excluding carboxylic acids is 6. The van der Waals surface area contributed by atoms with Crippen LogP contribution in [0.25, 0.3) is 0 Å². The molecule has 66 heavy (non-hydrogen) atoms. The second-order valence-electron chi connectivity index (χ2n) is 18.5. The Bertz CT molecular complexity index is 1630. The fourth-order valence-electron chi connectivity index (χ4n) is 9.09. The van der Waals surface area contributed by atoms with Crippen molar-refractivity contribution in [2.75, 3.05) is 39.3 Å². The minimum Gasteiger partial charge on any atom is -0.337 e. The van der Waals surface area contributed by atoms with Crippen molar-refractivity contribution in [3.63, 3.8) is 0 Å². The van der Waals surface area contributed by atoms with E-state index >= 15 is 0 Å². The van der Waals surface area contributed by atoms with Gasteiger partial charge in [-0.15, -0.1) is 0 Å². The molecule has 6 atom stereocenters. The van der Waals surface area contributed by atoms with E-state index in [2.05, 4.69) is 71.9 Å². The lowest BCUT2D eigenvalue weighted by Crippen LogP contribution is -2.88. The quantitative estimate of drug-likeness (QED) is 0.127. The number of ketones is 6. The van der Waals surface area contributed by atoms with Gasteiger partial charge in [-0.1, -0.05) is 64.7 Å². The van der Waals surface area contributed by atoms with Gasteiger partial charge in [0.15, 0.2) is 0 Å². The Labute approximate surface area is 399 Å². The summed E-state index contributed by atoms with van der Waals surface area (Å²) >= 11 is 0. The Kier molecular flexibility index (Phi) is 33.1. The standard InChI is InChI=1S/C12H21NO.C10H17NO.C9H15NO.2C8H13NO.C7H11NO/c1-3-6-10(7-4-2)12(14)11-8-5-9-13-11;1-3-5-8(2)10(12)9-6-4-7-11-9;1-3-7(2)9(11)8-5-4-6-10-8;1-6(2)8(10)7-4-3-5-9-7;1-2-4-8(10)7-5-3-6-9-7;1-2-7(9)6-4-3-5-8-6/h6,11,13H,3-5,7-9H2,1-2H3;5,9,11H,3-4,6-7H2,1-2H3;3,8,10H,4-6H2,1-2H3;7,9H,1,3-5H2,2H3;2,4,7,9H,3,5-6H2,1H3;2,6,8H,1,3-5H2/p+6/b10-6+;8-5+;7-3+;;4-2+;. The van der Waals surface area contributed by atoms with Crippen LogP contribution in [0.15, 0.2) is 71.9 Å². The molecule has 6 saturated heterocycles. The van der Waals surface area contributed by atoms with Crippen LogP contribution in [-0.2, 0) is 28.8 Å². The van der Waals surface area contributed by atoms with Crippen molar-refractivity contribution in [1.29, 1.82) is 0 Å². The number of quaternary nitrogens is 6. The van der Waals surface area contributed by atoms with E-state index < -0.39 is 0 Å². The van der Waals surface area contributed by atoms with Gasteiger partial charge in [0.1, 0.15) is 36.3 Å². The lowest BCUT2D eigenvalue weighted by atomic mass is 9.98. The van der Waals surface area contributed by atoms with Crippen molar-refractivity contribution in [2.24, 2.45) is 0 Å². The summed E-state index contributed by atoms with van der Waals surface area (Å²) in [7, 11) is 0. The second-order valence-corrected chi connectivity index (χ2v) is 18.5. The lowest BCUT2D eigenvalue weighted by molar-refractivity contribution is -0.657. The zero-order chi connectivity index (χ0) is 49.3. The summed E-state index contributed by atoms with van der Waals surface area (Å²) in [6, 6.07) is 1.31. The maximum absolute atomic E-state index is 12.0. The summed E-state index contributed by atoms with van der Waals surface area (Å²) in [6.07, 6.45) is 28.3. The van der Waals surface area contributed by atoms with Crippen molar-refractivity contribution in [3.05, 3.63) is 71.9 Å². The Morgan fingerprint density at radius 1 is 0.500 bits per heavy atom. The molecule has 6 unspecified atom stereocenters. The highest BCUT2D eigenvalue weighted by molar-refractivity contribution is 5.99. The molecule has 6 aliphatic rings. The zero-order valence-corrected chi connectivity index (χ0v) is 42.8. The predicted molar refractivity (Wildman–Crippen MR) is 266 cm³/mol. The summed E-state index contributed by atoms with van der Waals surface area (Å²) in [6.45, 7) is 29.5. The predicted octanol–water partition coefficient (Wildman–Crippen LogP) is 1.48. The molecule has 12 N–H and O–H groups in total. The highest BCUT2D eigenvalue weighted by Crippen LogP contribution is 2.13. The number of Topliss-reactive ketones (excluding diaryl/α,β-unsaturated/α-hetero) is 4. The molecule has 6 fully saturated rings. The molecule has 6 rings (SSSR count). The van der Waals surface area contributed by atoms with Gasteiger partial charge in [-0.2, -0.15) is 0 Å². The van der Waals surface area contributed by atoms with Crippen LogP contribution in [-0.4, -0.2) is 110 Å². The van der Waals surface area contributed by atoms with E-state index in [1.165, 1.54) is 44.6 Å². The van der Waals surface area contributed by atoms with Crippen LogP contribution in [0.3, 0.4) is 0 Å². The van der Waals surface area contributed by atoms with E-state index in [4.69, 9.17) is 0 Å². The van der Waals surface area contributed by atoms with Crippen molar-refractivity contribution < 1.29 is 60.7 Å². The Hall–Kier alpha value is -3.78. The molecule has 0 aromatic heterocycles. The van der Waals surface area contributed by atoms with Crippen LogP contribution in [0.4, 0.5) is 0 Å². The summed E-state index contributed by atoms with van der Waals surface area (Å²) in [4.78, 5) is 68.3. The van der Waals surface area contributed by atoms with Crippen LogP contribution in [0.5, 0.6) is 0 Å². The molecule has 0 aromatic carbocycles. The topological polar surface area (TPSA) is 202 Å². The first-order valence-electron chi connectivity index (χ1n) is 25.8. The summed E-state index contributed by atoms with van der Waals surface area (Å²) < 4.78 is 0. The minimum atomic E-state index is 0.188. The number of allylic oxidation sites excluding steroid dienone is 4. The molecule has 0 spiro atoms. The number of nitrogens with two attached hydrogens (primary N) is 6. The smallest absolute Gasteiger partial charge is 0.215 e. The monoisotopic (exact) mass is 925 g/mol. The van der Waals surface area contributed by atoms with E-state index in [1.54, 1.807) is 13.0 Å². The molecule has 372 valence electrons. The average molecular weight is 925 g/mol. The van der Waals surface area contributed by atoms with Gasteiger partial charge < -0.3 is 31.9 Å². The van der Waals surface area contributed by atoms with E-state index in [1.807, 2.05) is 45.9 Å². The van der Waals surface area contributed by atoms with Crippen molar-refractivity contribution in [1.82, 2.24) is 0 Å². The molecule has 6 aliphatic heterocycles. The first-order chi connectivity index (χ1) is 31.7. The van der Waals surface area contributed by atoms with E-state index in [9.17, 15) is 28.8 Å². The molecule has 12 nitrogen and oxygen atoms in total. The van der Waals surface area contributed by atoms with Crippen molar-refractivity contribution in [3.8, 4) is 0 Å². The first-order valence-corrected chi connectivity index (χ1v) is 25.8. The zero-order valence-electron chi connectivity index (χ0n) is 42.8. The van der Waals surface area contributed by atoms with Crippen LogP contribution in [0.1, 0.15) is 158 Å². The summed E-state index contributed by atoms with van der Waals surface area (Å²) in [5, 5.41) is 12.8. The Morgan fingerprint density at radius 3 is 1.18 bits per heavy atom. The summed E-state index contributed by atoms with van der Waals surface area (Å²) in [5.41, 5.74) is 3.62. The third kappa shape index (κ3) is 23.8. The lowest BCUT2D eigenvalue weighted by Gasteiger charge is -2.09. The minimum absolute atomic E-state index is 0.188. The average Bonchev–Trinajstić information content (AvgIpc) is 4.18. The van der Waals surface area contributed by atoms with Gasteiger partial charge in [0.2, 0.25) is 34.7 Å². The van der Waals surface area contributed by atoms with Gasteiger partial charge in [0.25, 0.3) is 0 Å². The van der Waals surface area contributed by atoms with Crippen LogP contribution < -0.4 is 31.9 Å². The Morgan fingerprint density at radius 2 is 0.864 bits per heavy atom. The fraction of sp³-hybridized carbons (Fsp3) is 0.667. The number of rotatable bonds is 16. The van der Waals surface area contributed by atoms with E-state index in [0.29, 0.717) is 22.9 Å². The number of hydrogen-bond acceptors (Lipinski definition) is 6. The fourth-order valence-corrected chi connectivity index (χ4v) is 9.09. The highest BCUT2D eigenvalue weighted by atomic mass is 16.1. The molecular formula is C54H96N6O6+6. The molecular weight excluding hydrogens is 829 g/mol. The summed E-state index contributed by atoms with van der Waals surface area (Å²) in [5.74, 6) is 1.76. The molecule has 0 radical (unpaired) electrons. The van der Waals surface area contributed by atoms with Gasteiger partial charge in [-0.3, -0.25) is 28.8 Å². The molecule has 6 heterocycles. The SMILES string of the molecule is C/C=C(\C)C(=O)C1CCC[NH2+]1.C/C=C/C(=O)C1CCC[NH2+]1.C=C(C)C(=O)C1CCC[NH2+]1.C=CC(=O)C1CCC[NH2+]1.CC/C=C(\C)C(=O)C1CCC[NH2+]1.CC/C=C(\CCC)C(=O)C1CCC[NH2+]1. The largest absolute Gasteiger partial charge is 0.337 e. The van der Waals surface area contributed by atoms with Gasteiger partial charge in [-0.05, 0) is 88.3 Å². The normalized spacial score (nSPS) is 24.8.